The number of nitrogens with one attached hydrogen (secondary N) is 1. The van der Waals surface area contributed by atoms with Crippen molar-refractivity contribution in [1.29, 1.82) is 0 Å². The molecule has 1 N–H and O–H groups in total. The first-order valence-electron chi connectivity index (χ1n) is 17.7. The van der Waals surface area contributed by atoms with Crippen molar-refractivity contribution in [2.45, 2.75) is 63.2 Å². The lowest BCUT2D eigenvalue weighted by atomic mass is 9.95. The molecule has 14 nitrogen and oxygen atoms in total. The van der Waals surface area contributed by atoms with Gasteiger partial charge in [0.25, 0.3) is 11.8 Å². The van der Waals surface area contributed by atoms with E-state index in [1.165, 1.54) is 25.1 Å². The van der Waals surface area contributed by atoms with Crippen molar-refractivity contribution in [2.75, 3.05) is 32.6 Å². The molecule has 3 aromatic carbocycles. The standard InChI is InChI=1S/C39H40Cl2N2O12S/c1-22(55-38(47)51-19-24-20-52-39(2,3)53-21-24)54-37(46)31(15-23-6-5-7-28(14-23)56(4,48)49)42-35(44)33-30(40)16-27-18-43(12-10-29(27)34(33)41)36(45)26-9-8-25-11-13-50-32(25)17-26/h5-9,11,13-14,16-17,22,24,31H,10,12,15,18-21H2,1-4H3,(H,42,44)/t22?,31-/m0/s1. The molecule has 4 aromatic rings. The molecular formula is C39H40Cl2N2O12S. The van der Waals surface area contributed by atoms with Crippen LogP contribution >= 0.6 is 23.2 Å². The number of carbonyl (C=O) groups excluding carboxylic acids is 4. The number of rotatable bonds is 11. The molecule has 1 saturated heterocycles. The van der Waals surface area contributed by atoms with Crippen molar-refractivity contribution >= 4 is 67.9 Å². The second-order valence-electron chi connectivity index (χ2n) is 14.1. The molecule has 298 valence electrons. The lowest BCUT2D eigenvalue weighted by Crippen LogP contribution is -2.45. The van der Waals surface area contributed by atoms with Gasteiger partial charge in [-0.15, -0.1) is 0 Å². The molecule has 2 atom stereocenters. The Morgan fingerprint density at radius 1 is 1.02 bits per heavy atom. The summed E-state index contributed by atoms with van der Waals surface area (Å²) >= 11 is 13.5. The van der Waals surface area contributed by atoms with Crippen molar-refractivity contribution in [3.63, 3.8) is 0 Å². The van der Waals surface area contributed by atoms with Gasteiger partial charge in [-0.2, -0.15) is 0 Å². The highest BCUT2D eigenvalue weighted by molar-refractivity contribution is 7.90. The summed E-state index contributed by atoms with van der Waals surface area (Å²) in [5.41, 5.74) is 2.57. The quantitative estimate of drug-likeness (QED) is 0.136. The fraction of sp³-hybridized carbons (Fsp3) is 0.385. The van der Waals surface area contributed by atoms with E-state index in [0.717, 1.165) is 11.6 Å². The first kappa shape index (κ1) is 41.0. The summed E-state index contributed by atoms with van der Waals surface area (Å²) in [4.78, 5) is 55.0. The van der Waals surface area contributed by atoms with E-state index in [4.69, 9.17) is 51.3 Å². The smallest absolute Gasteiger partial charge is 0.464 e. The number of sulfone groups is 1. The molecule has 2 amide bonds. The van der Waals surface area contributed by atoms with Gasteiger partial charge in [0.05, 0.1) is 40.0 Å². The number of ether oxygens (including phenoxy) is 5. The SMILES string of the molecule is CC(OC(=O)OCC1COC(C)(C)OC1)OC(=O)[C@H](Cc1cccc(S(C)(=O)=O)c1)NC(=O)c1c(Cl)cc2c(c1Cl)CCN(C(=O)c1ccc3ccoc3c1)C2. The molecule has 0 aliphatic carbocycles. The Labute approximate surface area is 333 Å². The van der Waals surface area contributed by atoms with Crippen LogP contribution in [0.5, 0.6) is 0 Å². The summed E-state index contributed by atoms with van der Waals surface area (Å²) < 4.78 is 56.8. The summed E-state index contributed by atoms with van der Waals surface area (Å²) in [6, 6.07) is 13.0. The lowest BCUT2D eigenvalue weighted by molar-refractivity contribution is -0.265. The maximum atomic E-state index is 13.9. The number of amides is 2. The molecule has 0 spiro atoms. The fourth-order valence-electron chi connectivity index (χ4n) is 6.31. The Hall–Kier alpha value is -4.67. The molecular weight excluding hydrogens is 791 g/mol. The molecule has 1 fully saturated rings. The molecule has 1 aromatic heterocycles. The van der Waals surface area contributed by atoms with Crippen LogP contribution in [0, 0.1) is 5.92 Å². The van der Waals surface area contributed by atoms with E-state index >= 15 is 0 Å². The average Bonchev–Trinajstić information content (AvgIpc) is 3.61. The maximum absolute atomic E-state index is 13.9. The van der Waals surface area contributed by atoms with Crippen molar-refractivity contribution in [3.05, 3.63) is 98.7 Å². The zero-order chi connectivity index (χ0) is 40.4. The number of nitrogens with zero attached hydrogens (tertiary/aromatic N) is 1. The van der Waals surface area contributed by atoms with Gasteiger partial charge in [0, 0.05) is 49.6 Å². The van der Waals surface area contributed by atoms with Crippen LogP contribution in [0.2, 0.25) is 10.0 Å². The van der Waals surface area contributed by atoms with E-state index in [1.54, 1.807) is 61.4 Å². The molecule has 2 aliphatic rings. The van der Waals surface area contributed by atoms with E-state index in [-0.39, 0.29) is 51.9 Å². The minimum Gasteiger partial charge on any atom is -0.464 e. The van der Waals surface area contributed by atoms with Crippen molar-refractivity contribution in [1.82, 2.24) is 10.2 Å². The molecule has 0 bridgehead atoms. The third kappa shape index (κ3) is 9.82. The number of carbonyl (C=O) groups is 4. The first-order chi connectivity index (χ1) is 26.5. The number of hydrogen-bond donors (Lipinski definition) is 1. The highest BCUT2D eigenvalue weighted by Crippen LogP contribution is 2.35. The zero-order valence-electron chi connectivity index (χ0n) is 31.0. The predicted molar refractivity (Wildman–Crippen MR) is 203 cm³/mol. The summed E-state index contributed by atoms with van der Waals surface area (Å²) in [6.07, 6.45) is 0.135. The first-order valence-corrected chi connectivity index (χ1v) is 20.3. The highest BCUT2D eigenvalue weighted by Gasteiger charge is 2.33. The maximum Gasteiger partial charge on any atom is 0.511 e. The van der Waals surface area contributed by atoms with Crippen LogP contribution in [0.15, 0.2) is 70.2 Å². The van der Waals surface area contributed by atoms with Crippen LogP contribution in [0.3, 0.4) is 0 Å². The minimum absolute atomic E-state index is 0.0000343. The van der Waals surface area contributed by atoms with Gasteiger partial charge in [-0.25, -0.2) is 18.0 Å². The number of benzene rings is 3. The van der Waals surface area contributed by atoms with Crippen LogP contribution in [-0.2, 0) is 57.7 Å². The zero-order valence-corrected chi connectivity index (χ0v) is 33.3. The van der Waals surface area contributed by atoms with Crippen LogP contribution in [0.1, 0.15) is 58.2 Å². The summed E-state index contributed by atoms with van der Waals surface area (Å²) in [5, 5.41) is 3.52. The molecule has 0 radical (unpaired) electrons. The van der Waals surface area contributed by atoms with Gasteiger partial charge < -0.3 is 38.3 Å². The van der Waals surface area contributed by atoms with Gasteiger partial charge in [0.15, 0.2) is 15.6 Å². The minimum atomic E-state index is -3.61. The van der Waals surface area contributed by atoms with Crippen molar-refractivity contribution in [3.8, 4) is 0 Å². The highest BCUT2D eigenvalue weighted by atomic mass is 35.5. The van der Waals surface area contributed by atoms with E-state index < -0.39 is 46.0 Å². The van der Waals surface area contributed by atoms with Crippen LogP contribution in [0.4, 0.5) is 4.79 Å². The van der Waals surface area contributed by atoms with Crippen LogP contribution in [0.25, 0.3) is 11.0 Å². The van der Waals surface area contributed by atoms with Gasteiger partial charge >= 0.3 is 12.1 Å². The Morgan fingerprint density at radius 2 is 1.77 bits per heavy atom. The lowest BCUT2D eigenvalue weighted by Gasteiger charge is -2.34. The largest absolute Gasteiger partial charge is 0.511 e. The van der Waals surface area contributed by atoms with E-state index in [9.17, 15) is 27.6 Å². The predicted octanol–water partition coefficient (Wildman–Crippen LogP) is 6.12. The van der Waals surface area contributed by atoms with Gasteiger partial charge in [-0.3, -0.25) is 9.59 Å². The van der Waals surface area contributed by atoms with Crippen molar-refractivity contribution in [2.24, 2.45) is 5.92 Å². The molecule has 1 unspecified atom stereocenters. The number of halogens is 2. The summed E-state index contributed by atoms with van der Waals surface area (Å²) in [7, 11) is -3.61. The number of furan rings is 1. The Balaban J connectivity index is 1.15. The third-order valence-electron chi connectivity index (χ3n) is 9.29. The Kier molecular flexibility index (Phi) is 12.3. The normalized spacial score (nSPS) is 16.7. The van der Waals surface area contributed by atoms with Gasteiger partial charge in [0.2, 0.25) is 6.29 Å². The molecule has 6 rings (SSSR count). The molecule has 17 heteroatoms. The van der Waals surface area contributed by atoms with E-state index in [0.29, 0.717) is 54.0 Å². The molecule has 3 heterocycles. The number of fused-ring (bicyclic) bond motifs is 2. The van der Waals surface area contributed by atoms with Crippen LogP contribution < -0.4 is 5.32 Å². The third-order valence-corrected chi connectivity index (χ3v) is 11.1. The Bertz CT molecular complexity index is 2260. The van der Waals surface area contributed by atoms with Gasteiger partial charge in [-0.05, 0) is 73.4 Å². The topological polar surface area (TPSA) is 177 Å². The van der Waals surface area contributed by atoms with Crippen LogP contribution in [-0.4, -0.2) is 88.0 Å². The van der Waals surface area contributed by atoms with Gasteiger partial charge in [-0.1, -0.05) is 41.4 Å². The summed E-state index contributed by atoms with van der Waals surface area (Å²) in [5.74, 6) is -3.01. The number of esters is 1. The van der Waals surface area contributed by atoms with Gasteiger partial charge in [0.1, 0.15) is 18.2 Å². The molecule has 2 aliphatic heterocycles. The van der Waals surface area contributed by atoms with E-state index in [2.05, 4.69) is 5.32 Å². The van der Waals surface area contributed by atoms with E-state index in [1.807, 2.05) is 0 Å². The second kappa shape index (κ2) is 16.8. The monoisotopic (exact) mass is 830 g/mol. The average molecular weight is 832 g/mol. The molecule has 0 saturated carbocycles. The second-order valence-corrected chi connectivity index (χ2v) is 16.9. The molecule has 56 heavy (non-hydrogen) atoms. The fourth-order valence-corrected chi connectivity index (χ4v) is 7.77. The summed E-state index contributed by atoms with van der Waals surface area (Å²) in [6.45, 7) is 5.84. The number of hydrogen-bond acceptors (Lipinski definition) is 12. The Morgan fingerprint density at radius 3 is 2.50 bits per heavy atom. The van der Waals surface area contributed by atoms with Crippen molar-refractivity contribution < 1.29 is 55.7 Å².